The normalized spacial score (nSPS) is 14.4. The van der Waals surface area contributed by atoms with Crippen LogP contribution in [0.2, 0.25) is 5.02 Å². The van der Waals surface area contributed by atoms with Gasteiger partial charge in [-0.15, -0.1) is 0 Å². The van der Waals surface area contributed by atoms with Crippen molar-refractivity contribution in [3.8, 4) is 0 Å². The number of aromatic nitrogens is 2. The lowest BCUT2D eigenvalue weighted by Crippen LogP contribution is -2.14. The molecule has 0 spiro atoms. The molecule has 1 aliphatic rings. The first-order valence-corrected chi connectivity index (χ1v) is 6.63. The van der Waals surface area contributed by atoms with E-state index in [1.54, 1.807) is 18.3 Å². The number of H-pyrrole nitrogens is 1. The molecule has 3 rings (SSSR count). The van der Waals surface area contributed by atoms with Crippen LogP contribution in [0, 0.1) is 6.92 Å². The molecule has 1 amide bonds. The number of nitrogens with one attached hydrogen (secondary N) is 2. The number of hydrogen-bond donors (Lipinski definition) is 2. The van der Waals surface area contributed by atoms with Gasteiger partial charge in [-0.05, 0) is 49.4 Å². The highest BCUT2D eigenvalue weighted by atomic mass is 35.5. The minimum atomic E-state index is -0.152. The number of aromatic amines is 1. The lowest BCUT2D eigenvalue weighted by molar-refractivity contribution is 0.102. The SMILES string of the molecule is Cc1cc(NC(=O)c2[nH]ncc2C2CC2)ccc1Cl. The van der Waals surface area contributed by atoms with Crippen LogP contribution in [-0.4, -0.2) is 16.1 Å². The topological polar surface area (TPSA) is 57.8 Å². The molecule has 0 atom stereocenters. The number of halogens is 1. The molecule has 0 saturated heterocycles. The molecule has 0 unspecified atom stereocenters. The van der Waals surface area contributed by atoms with Crippen molar-refractivity contribution in [2.45, 2.75) is 25.7 Å². The highest BCUT2D eigenvalue weighted by molar-refractivity contribution is 6.31. The molecule has 98 valence electrons. The summed E-state index contributed by atoms with van der Waals surface area (Å²) in [6.07, 6.45) is 4.03. The van der Waals surface area contributed by atoms with Gasteiger partial charge in [0.25, 0.3) is 5.91 Å². The van der Waals surface area contributed by atoms with Gasteiger partial charge in [0.05, 0.1) is 6.20 Å². The number of anilines is 1. The largest absolute Gasteiger partial charge is 0.321 e. The summed E-state index contributed by atoms with van der Waals surface area (Å²) in [7, 11) is 0. The molecule has 19 heavy (non-hydrogen) atoms. The quantitative estimate of drug-likeness (QED) is 0.901. The molecule has 1 heterocycles. The maximum absolute atomic E-state index is 12.2. The first-order valence-electron chi connectivity index (χ1n) is 6.26. The molecule has 0 radical (unpaired) electrons. The monoisotopic (exact) mass is 275 g/mol. The average Bonchev–Trinajstić information content (AvgIpc) is 3.11. The Morgan fingerprint density at radius 1 is 1.47 bits per heavy atom. The Labute approximate surface area is 116 Å². The van der Waals surface area contributed by atoms with Crippen molar-refractivity contribution in [1.82, 2.24) is 10.2 Å². The van der Waals surface area contributed by atoms with Gasteiger partial charge in [0.2, 0.25) is 0 Å². The van der Waals surface area contributed by atoms with Crippen LogP contribution in [0.25, 0.3) is 0 Å². The second-order valence-electron chi connectivity index (χ2n) is 4.89. The third-order valence-corrected chi connectivity index (χ3v) is 3.75. The number of aryl methyl sites for hydroxylation is 1. The van der Waals surface area contributed by atoms with E-state index in [-0.39, 0.29) is 5.91 Å². The van der Waals surface area contributed by atoms with E-state index in [1.165, 1.54) is 0 Å². The van der Waals surface area contributed by atoms with E-state index in [4.69, 9.17) is 11.6 Å². The predicted octanol–water partition coefficient (Wildman–Crippen LogP) is 3.50. The summed E-state index contributed by atoms with van der Waals surface area (Å²) in [5.41, 5.74) is 3.26. The Bertz CT molecular complexity index is 631. The van der Waals surface area contributed by atoms with E-state index in [1.807, 2.05) is 13.0 Å². The third-order valence-electron chi connectivity index (χ3n) is 3.33. The molecule has 0 aliphatic heterocycles. The fraction of sp³-hybridized carbons (Fsp3) is 0.286. The van der Waals surface area contributed by atoms with Crippen LogP contribution in [0.4, 0.5) is 5.69 Å². The molecule has 1 aliphatic carbocycles. The van der Waals surface area contributed by atoms with Gasteiger partial charge in [-0.3, -0.25) is 9.89 Å². The van der Waals surface area contributed by atoms with E-state index in [0.29, 0.717) is 16.6 Å². The molecule has 2 aromatic rings. The Kier molecular flexibility index (Phi) is 3.03. The molecule has 1 aromatic carbocycles. The fourth-order valence-electron chi connectivity index (χ4n) is 2.10. The summed E-state index contributed by atoms with van der Waals surface area (Å²) in [4.78, 5) is 12.2. The Morgan fingerprint density at radius 3 is 2.95 bits per heavy atom. The van der Waals surface area contributed by atoms with Gasteiger partial charge in [0.15, 0.2) is 0 Å². The van der Waals surface area contributed by atoms with Crippen LogP contribution in [0.15, 0.2) is 24.4 Å². The summed E-state index contributed by atoms with van der Waals surface area (Å²) in [6.45, 7) is 1.91. The van der Waals surface area contributed by atoms with Crippen molar-refractivity contribution in [2.75, 3.05) is 5.32 Å². The Balaban J connectivity index is 1.80. The average molecular weight is 276 g/mol. The van der Waals surface area contributed by atoms with Crippen molar-refractivity contribution in [2.24, 2.45) is 0 Å². The zero-order valence-corrected chi connectivity index (χ0v) is 11.3. The molecule has 0 bridgehead atoms. The second-order valence-corrected chi connectivity index (χ2v) is 5.30. The minimum absolute atomic E-state index is 0.152. The van der Waals surface area contributed by atoms with E-state index in [0.717, 1.165) is 29.7 Å². The zero-order chi connectivity index (χ0) is 13.4. The third kappa shape index (κ3) is 2.49. The first kappa shape index (κ1) is 12.2. The predicted molar refractivity (Wildman–Crippen MR) is 74.7 cm³/mol. The lowest BCUT2D eigenvalue weighted by atomic mass is 10.1. The minimum Gasteiger partial charge on any atom is -0.321 e. The Hall–Kier alpha value is -1.81. The van der Waals surface area contributed by atoms with Gasteiger partial charge in [0, 0.05) is 16.3 Å². The molecule has 1 aromatic heterocycles. The van der Waals surface area contributed by atoms with Gasteiger partial charge < -0.3 is 5.32 Å². The lowest BCUT2D eigenvalue weighted by Gasteiger charge is -2.07. The summed E-state index contributed by atoms with van der Waals surface area (Å²) in [5, 5.41) is 10.3. The molecular formula is C14H14ClN3O. The maximum Gasteiger partial charge on any atom is 0.273 e. The van der Waals surface area contributed by atoms with Crippen LogP contribution in [0.1, 0.15) is 40.4 Å². The van der Waals surface area contributed by atoms with Gasteiger partial charge >= 0.3 is 0 Å². The molecule has 1 fully saturated rings. The van der Waals surface area contributed by atoms with Crippen LogP contribution in [0.3, 0.4) is 0 Å². The summed E-state index contributed by atoms with van der Waals surface area (Å²) in [6, 6.07) is 5.43. The van der Waals surface area contributed by atoms with E-state index < -0.39 is 0 Å². The van der Waals surface area contributed by atoms with Crippen LogP contribution in [0.5, 0.6) is 0 Å². The number of carbonyl (C=O) groups is 1. The molecule has 5 heteroatoms. The molecule has 2 N–H and O–H groups in total. The highest BCUT2D eigenvalue weighted by Crippen LogP contribution is 2.41. The smallest absolute Gasteiger partial charge is 0.273 e. The summed E-state index contributed by atoms with van der Waals surface area (Å²) in [5.74, 6) is 0.340. The van der Waals surface area contributed by atoms with E-state index >= 15 is 0 Å². The summed E-state index contributed by atoms with van der Waals surface area (Å²) < 4.78 is 0. The molecule has 1 saturated carbocycles. The van der Waals surface area contributed by atoms with E-state index in [2.05, 4.69) is 15.5 Å². The standard InChI is InChI=1S/C14H14ClN3O/c1-8-6-10(4-5-12(8)15)17-14(19)13-11(7-16-18-13)9-2-3-9/h4-7,9H,2-3H2,1H3,(H,16,18)(H,17,19). The maximum atomic E-state index is 12.2. The van der Waals surface area contributed by atoms with Crippen molar-refractivity contribution < 1.29 is 4.79 Å². The fourth-order valence-corrected chi connectivity index (χ4v) is 2.21. The van der Waals surface area contributed by atoms with Gasteiger partial charge in [-0.1, -0.05) is 11.6 Å². The number of amides is 1. The van der Waals surface area contributed by atoms with Crippen LogP contribution in [-0.2, 0) is 0 Å². The summed E-state index contributed by atoms with van der Waals surface area (Å²) >= 11 is 5.96. The van der Waals surface area contributed by atoms with Crippen LogP contribution < -0.4 is 5.32 Å². The molecule has 4 nitrogen and oxygen atoms in total. The van der Waals surface area contributed by atoms with Crippen molar-refractivity contribution >= 4 is 23.2 Å². The number of rotatable bonds is 3. The van der Waals surface area contributed by atoms with Crippen molar-refractivity contribution in [3.05, 3.63) is 46.2 Å². The molecular weight excluding hydrogens is 262 g/mol. The van der Waals surface area contributed by atoms with Gasteiger partial charge in [-0.25, -0.2) is 0 Å². The number of nitrogens with zero attached hydrogens (tertiary/aromatic N) is 1. The van der Waals surface area contributed by atoms with Gasteiger partial charge in [-0.2, -0.15) is 5.10 Å². The van der Waals surface area contributed by atoms with Crippen molar-refractivity contribution in [3.63, 3.8) is 0 Å². The Morgan fingerprint density at radius 2 is 2.26 bits per heavy atom. The number of benzene rings is 1. The van der Waals surface area contributed by atoms with Crippen LogP contribution >= 0.6 is 11.6 Å². The second kappa shape index (κ2) is 4.70. The number of hydrogen-bond acceptors (Lipinski definition) is 2. The van der Waals surface area contributed by atoms with Crippen molar-refractivity contribution in [1.29, 1.82) is 0 Å². The number of carbonyl (C=O) groups excluding carboxylic acids is 1. The highest BCUT2D eigenvalue weighted by Gasteiger charge is 2.29. The first-order chi connectivity index (χ1) is 9.15. The zero-order valence-electron chi connectivity index (χ0n) is 10.5. The van der Waals surface area contributed by atoms with Gasteiger partial charge in [0.1, 0.15) is 5.69 Å². The van der Waals surface area contributed by atoms with E-state index in [9.17, 15) is 4.79 Å².